The van der Waals surface area contributed by atoms with E-state index in [1.54, 1.807) is 4.90 Å². The minimum atomic E-state index is -0.104. The third-order valence-electron chi connectivity index (χ3n) is 5.55. The Bertz CT molecular complexity index is 587. The molecular formula is C19H30N4O2. The number of carbonyl (C=O) groups excluding carboxylic acids is 1. The summed E-state index contributed by atoms with van der Waals surface area (Å²) in [5, 5.41) is 12.8. The quantitative estimate of drug-likeness (QED) is 0.880. The number of hydrogen-bond acceptors (Lipinski definition) is 4. The van der Waals surface area contributed by atoms with E-state index in [2.05, 4.69) is 35.2 Å². The number of piperidine rings is 1. The Morgan fingerprint density at radius 2 is 1.92 bits per heavy atom. The van der Waals surface area contributed by atoms with Crippen molar-refractivity contribution in [1.82, 2.24) is 9.80 Å². The van der Waals surface area contributed by atoms with Crippen LogP contribution in [0.15, 0.2) is 24.3 Å². The first-order valence-electron chi connectivity index (χ1n) is 9.31. The summed E-state index contributed by atoms with van der Waals surface area (Å²) in [6.45, 7) is 6.81. The molecule has 2 N–H and O–H groups in total. The van der Waals surface area contributed by atoms with E-state index in [9.17, 15) is 9.90 Å². The normalized spacial score (nSPS) is 25.1. The Labute approximate surface area is 150 Å². The molecule has 0 radical (unpaired) electrons. The minimum absolute atomic E-state index is 0.0225. The number of anilines is 2. The van der Waals surface area contributed by atoms with Crippen molar-refractivity contribution in [3.05, 3.63) is 24.3 Å². The molecule has 2 fully saturated rings. The smallest absolute Gasteiger partial charge is 0.322 e. The van der Waals surface area contributed by atoms with Gasteiger partial charge >= 0.3 is 6.03 Å². The summed E-state index contributed by atoms with van der Waals surface area (Å²) < 4.78 is 0. The summed E-state index contributed by atoms with van der Waals surface area (Å²) in [6, 6.07) is 7.81. The van der Waals surface area contributed by atoms with E-state index in [0.29, 0.717) is 12.5 Å². The number of likely N-dealkylation sites (N-methyl/N-ethyl adjacent to an activating group) is 1. The maximum atomic E-state index is 12.8. The number of para-hydroxylation sites is 2. The van der Waals surface area contributed by atoms with E-state index in [1.807, 2.05) is 18.2 Å². The molecule has 0 aliphatic carbocycles. The van der Waals surface area contributed by atoms with Crippen LogP contribution in [0.25, 0.3) is 0 Å². The number of aliphatic hydroxyl groups is 1. The van der Waals surface area contributed by atoms with Crippen molar-refractivity contribution < 1.29 is 9.90 Å². The Hall–Kier alpha value is -1.79. The fourth-order valence-corrected chi connectivity index (χ4v) is 3.87. The lowest BCUT2D eigenvalue weighted by Crippen LogP contribution is -2.51. The number of aliphatic hydroxyl groups excluding tert-OH is 1. The standard InChI is InChI=1S/C19H30N4O2/c1-15-6-5-9-23(18(15)14-24)19(25)20-16-7-3-4-8-17(16)22-12-10-21(2)11-13-22/h3-4,7-8,15,18,24H,5-6,9-14H2,1-2H3,(H,20,25). The van der Waals surface area contributed by atoms with Gasteiger partial charge in [-0.1, -0.05) is 19.1 Å². The molecule has 3 rings (SSSR count). The minimum Gasteiger partial charge on any atom is -0.394 e. The van der Waals surface area contributed by atoms with Crippen LogP contribution in [-0.4, -0.2) is 73.4 Å². The van der Waals surface area contributed by atoms with Crippen LogP contribution >= 0.6 is 0 Å². The van der Waals surface area contributed by atoms with Gasteiger partial charge in [0.05, 0.1) is 24.0 Å². The van der Waals surface area contributed by atoms with Crippen molar-refractivity contribution in [1.29, 1.82) is 0 Å². The van der Waals surface area contributed by atoms with Gasteiger partial charge in [-0.3, -0.25) is 0 Å². The molecule has 2 heterocycles. The van der Waals surface area contributed by atoms with Gasteiger partial charge in [-0.05, 0) is 37.9 Å². The molecule has 0 saturated carbocycles. The molecule has 2 aliphatic rings. The van der Waals surface area contributed by atoms with Crippen LogP contribution < -0.4 is 10.2 Å². The second-order valence-electron chi connectivity index (χ2n) is 7.30. The number of nitrogens with zero attached hydrogens (tertiary/aromatic N) is 3. The number of piperazine rings is 1. The maximum absolute atomic E-state index is 12.8. The number of hydrogen-bond donors (Lipinski definition) is 2. The van der Waals surface area contributed by atoms with Gasteiger partial charge in [0.2, 0.25) is 0 Å². The van der Waals surface area contributed by atoms with Crippen LogP contribution in [0.2, 0.25) is 0 Å². The molecule has 0 spiro atoms. The van der Waals surface area contributed by atoms with Crippen LogP contribution in [0.4, 0.5) is 16.2 Å². The van der Waals surface area contributed by atoms with Crippen molar-refractivity contribution >= 4 is 17.4 Å². The number of rotatable bonds is 3. The Morgan fingerprint density at radius 1 is 1.20 bits per heavy atom. The second-order valence-corrected chi connectivity index (χ2v) is 7.30. The fraction of sp³-hybridized carbons (Fsp3) is 0.632. The Kier molecular flexibility index (Phi) is 5.81. The Balaban J connectivity index is 1.73. The van der Waals surface area contributed by atoms with Gasteiger partial charge in [0.25, 0.3) is 0 Å². The molecule has 2 unspecified atom stereocenters. The first-order valence-corrected chi connectivity index (χ1v) is 9.31. The van der Waals surface area contributed by atoms with Gasteiger partial charge < -0.3 is 25.1 Å². The summed E-state index contributed by atoms with van der Waals surface area (Å²) in [5.41, 5.74) is 1.93. The third-order valence-corrected chi connectivity index (χ3v) is 5.55. The summed E-state index contributed by atoms with van der Waals surface area (Å²) in [5.74, 6) is 0.331. The molecule has 2 amide bonds. The molecule has 138 valence electrons. The highest BCUT2D eigenvalue weighted by atomic mass is 16.3. The van der Waals surface area contributed by atoms with Gasteiger partial charge in [0.15, 0.2) is 0 Å². The lowest BCUT2D eigenvalue weighted by Gasteiger charge is -2.39. The van der Waals surface area contributed by atoms with Crippen LogP contribution in [-0.2, 0) is 0 Å². The van der Waals surface area contributed by atoms with Gasteiger partial charge in [0, 0.05) is 32.7 Å². The molecular weight excluding hydrogens is 316 g/mol. The number of nitrogens with one attached hydrogen (secondary N) is 1. The van der Waals surface area contributed by atoms with E-state index in [0.717, 1.165) is 50.4 Å². The zero-order chi connectivity index (χ0) is 17.8. The van der Waals surface area contributed by atoms with E-state index >= 15 is 0 Å². The SMILES string of the molecule is CC1CCCN(C(=O)Nc2ccccc2N2CCN(C)CC2)C1CO. The number of carbonyl (C=O) groups is 1. The zero-order valence-corrected chi connectivity index (χ0v) is 15.3. The predicted octanol–water partition coefficient (Wildman–Crippen LogP) is 2.06. The lowest BCUT2D eigenvalue weighted by molar-refractivity contribution is 0.0811. The van der Waals surface area contributed by atoms with Crippen molar-refractivity contribution in [3.8, 4) is 0 Å². The summed E-state index contributed by atoms with van der Waals surface area (Å²) in [7, 11) is 2.14. The number of likely N-dealkylation sites (tertiary alicyclic amines) is 1. The van der Waals surface area contributed by atoms with Crippen LogP contribution in [0, 0.1) is 5.92 Å². The molecule has 6 nitrogen and oxygen atoms in total. The van der Waals surface area contributed by atoms with Crippen LogP contribution in [0.1, 0.15) is 19.8 Å². The summed E-state index contributed by atoms with van der Waals surface area (Å²) in [6.07, 6.45) is 2.05. The molecule has 0 bridgehead atoms. The zero-order valence-electron chi connectivity index (χ0n) is 15.3. The van der Waals surface area contributed by atoms with Crippen molar-refractivity contribution in [2.75, 3.05) is 56.6 Å². The number of urea groups is 1. The first-order chi connectivity index (χ1) is 12.1. The molecule has 1 aromatic rings. The molecule has 6 heteroatoms. The second kappa shape index (κ2) is 8.06. The number of amides is 2. The highest BCUT2D eigenvalue weighted by molar-refractivity contribution is 5.93. The number of benzene rings is 1. The average molecular weight is 346 g/mol. The van der Waals surface area contributed by atoms with E-state index in [4.69, 9.17) is 0 Å². The van der Waals surface area contributed by atoms with E-state index in [-0.39, 0.29) is 18.7 Å². The van der Waals surface area contributed by atoms with Crippen molar-refractivity contribution in [2.24, 2.45) is 5.92 Å². The van der Waals surface area contributed by atoms with Gasteiger partial charge in [-0.25, -0.2) is 4.79 Å². The highest BCUT2D eigenvalue weighted by Gasteiger charge is 2.31. The van der Waals surface area contributed by atoms with Gasteiger partial charge in [-0.15, -0.1) is 0 Å². The highest BCUT2D eigenvalue weighted by Crippen LogP contribution is 2.28. The first kappa shape index (κ1) is 18.0. The van der Waals surface area contributed by atoms with Crippen molar-refractivity contribution in [2.45, 2.75) is 25.8 Å². The lowest BCUT2D eigenvalue weighted by atomic mass is 9.91. The molecule has 25 heavy (non-hydrogen) atoms. The molecule has 1 aromatic carbocycles. The van der Waals surface area contributed by atoms with Crippen molar-refractivity contribution in [3.63, 3.8) is 0 Å². The summed E-state index contributed by atoms with van der Waals surface area (Å²) >= 11 is 0. The molecule has 2 saturated heterocycles. The molecule has 2 aliphatic heterocycles. The summed E-state index contributed by atoms with van der Waals surface area (Å²) in [4.78, 5) is 19.3. The average Bonchev–Trinajstić information content (AvgIpc) is 2.62. The molecule has 0 aromatic heterocycles. The largest absolute Gasteiger partial charge is 0.394 e. The topological polar surface area (TPSA) is 59.1 Å². The van der Waals surface area contributed by atoms with Gasteiger partial charge in [-0.2, -0.15) is 0 Å². The van der Waals surface area contributed by atoms with Crippen LogP contribution in [0.5, 0.6) is 0 Å². The third kappa shape index (κ3) is 4.07. The maximum Gasteiger partial charge on any atom is 0.322 e. The van der Waals surface area contributed by atoms with Crippen LogP contribution in [0.3, 0.4) is 0 Å². The predicted molar refractivity (Wildman–Crippen MR) is 101 cm³/mol. The van der Waals surface area contributed by atoms with Gasteiger partial charge in [0.1, 0.15) is 0 Å². The molecule has 2 atom stereocenters. The van der Waals surface area contributed by atoms with E-state index < -0.39 is 0 Å². The fourth-order valence-electron chi connectivity index (χ4n) is 3.87. The Morgan fingerprint density at radius 3 is 2.64 bits per heavy atom. The van der Waals surface area contributed by atoms with E-state index in [1.165, 1.54) is 0 Å². The monoisotopic (exact) mass is 346 g/mol.